The van der Waals surface area contributed by atoms with Crippen molar-refractivity contribution in [1.82, 2.24) is 5.32 Å². The van der Waals surface area contributed by atoms with Crippen molar-refractivity contribution >= 4 is 18.3 Å². The molecule has 0 spiro atoms. The molecule has 0 radical (unpaired) electrons. The Morgan fingerprint density at radius 2 is 1.83 bits per heavy atom. The summed E-state index contributed by atoms with van der Waals surface area (Å²) in [5, 5.41) is 3.28. The second-order valence-electron chi connectivity index (χ2n) is 4.88. The zero-order valence-electron chi connectivity index (χ0n) is 10.5. The lowest BCUT2D eigenvalue weighted by Gasteiger charge is -2.34. The van der Waals surface area contributed by atoms with Gasteiger partial charge in [0.25, 0.3) is 0 Å². The third-order valence-electron chi connectivity index (χ3n) is 3.82. The van der Waals surface area contributed by atoms with Crippen LogP contribution in [0, 0.1) is 5.41 Å². The average Bonchev–Trinajstić information content (AvgIpc) is 2.38. The Bertz CT molecular complexity index is 375. The third-order valence-corrected chi connectivity index (χ3v) is 3.82. The summed E-state index contributed by atoms with van der Waals surface area (Å²) in [7, 11) is 0. The Balaban J connectivity index is 0.00000162. The van der Waals surface area contributed by atoms with Crippen LogP contribution in [0.2, 0.25) is 0 Å². The van der Waals surface area contributed by atoms with Crippen LogP contribution in [0.25, 0.3) is 0 Å². The Labute approximate surface area is 115 Å². The lowest BCUT2D eigenvalue weighted by molar-refractivity contribution is -0.129. The summed E-state index contributed by atoms with van der Waals surface area (Å²) in [6.45, 7) is 1.80. The molecule has 3 nitrogen and oxygen atoms in total. The Kier molecular flexibility index (Phi) is 5.63. The molecule has 0 unspecified atom stereocenters. The highest BCUT2D eigenvalue weighted by Crippen LogP contribution is 2.33. The Morgan fingerprint density at radius 1 is 1.22 bits per heavy atom. The fourth-order valence-electron chi connectivity index (χ4n) is 2.55. The molecular weight excluding hydrogens is 248 g/mol. The van der Waals surface area contributed by atoms with Gasteiger partial charge in [-0.05, 0) is 44.3 Å². The van der Waals surface area contributed by atoms with Crippen molar-refractivity contribution in [3.05, 3.63) is 35.9 Å². The van der Waals surface area contributed by atoms with Gasteiger partial charge in [-0.2, -0.15) is 0 Å². The van der Waals surface area contributed by atoms with E-state index >= 15 is 0 Å². The van der Waals surface area contributed by atoms with Gasteiger partial charge in [-0.1, -0.05) is 30.3 Å². The summed E-state index contributed by atoms with van der Waals surface area (Å²) in [6.07, 6.45) is 3.54. The predicted octanol–water partition coefficient (Wildman–Crippen LogP) is 1.90. The number of halogens is 1. The Morgan fingerprint density at radius 3 is 2.39 bits per heavy atom. The van der Waals surface area contributed by atoms with Gasteiger partial charge in [0, 0.05) is 0 Å². The lowest BCUT2D eigenvalue weighted by atomic mass is 9.74. The molecular formula is C14H21ClN2O. The smallest absolute Gasteiger partial charge is 0.223 e. The minimum absolute atomic E-state index is 0. The van der Waals surface area contributed by atoms with Crippen LogP contribution in [0.1, 0.15) is 24.8 Å². The zero-order valence-corrected chi connectivity index (χ0v) is 11.3. The van der Waals surface area contributed by atoms with Gasteiger partial charge in [-0.25, -0.2) is 0 Å². The average molecular weight is 269 g/mol. The van der Waals surface area contributed by atoms with E-state index in [2.05, 4.69) is 17.4 Å². The van der Waals surface area contributed by atoms with Gasteiger partial charge in [0.05, 0.1) is 5.41 Å². The number of carbonyl (C=O) groups is 1. The molecule has 0 bridgehead atoms. The van der Waals surface area contributed by atoms with Crippen molar-refractivity contribution in [1.29, 1.82) is 0 Å². The van der Waals surface area contributed by atoms with Crippen molar-refractivity contribution in [2.45, 2.75) is 25.7 Å². The van der Waals surface area contributed by atoms with Crippen LogP contribution in [0.3, 0.4) is 0 Å². The van der Waals surface area contributed by atoms with Gasteiger partial charge in [0.1, 0.15) is 0 Å². The standard InChI is InChI=1S/C14H20N2O.ClH/c15-13(17)14(8-10-16-11-9-14)7-6-12-4-2-1-3-5-12;/h1-5,16H,6-11H2,(H2,15,17);1H. The summed E-state index contributed by atoms with van der Waals surface area (Å²) in [6, 6.07) is 10.3. The van der Waals surface area contributed by atoms with E-state index in [0.29, 0.717) is 0 Å². The van der Waals surface area contributed by atoms with Gasteiger partial charge in [0.2, 0.25) is 5.91 Å². The molecule has 0 atom stereocenters. The van der Waals surface area contributed by atoms with Crippen LogP contribution >= 0.6 is 12.4 Å². The molecule has 0 saturated carbocycles. The molecule has 2 rings (SSSR count). The summed E-state index contributed by atoms with van der Waals surface area (Å²) >= 11 is 0. The van der Waals surface area contributed by atoms with Gasteiger partial charge in [-0.3, -0.25) is 4.79 Å². The molecule has 1 heterocycles. The lowest BCUT2D eigenvalue weighted by Crippen LogP contribution is -2.45. The minimum atomic E-state index is -0.291. The molecule has 0 aromatic heterocycles. The van der Waals surface area contributed by atoms with Crippen molar-refractivity contribution in [2.24, 2.45) is 11.1 Å². The number of benzene rings is 1. The molecule has 0 aliphatic carbocycles. The molecule has 100 valence electrons. The molecule has 1 aliphatic heterocycles. The fraction of sp³-hybridized carbons (Fsp3) is 0.500. The molecule has 3 N–H and O–H groups in total. The maximum Gasteiger partial charge on any atom is 0.223 e. The van der Waals surface area contributed by atoms with Crippen molar-refractivity contribution in [2.75, 3.05) is 13.1 Å². The second kappa shape index (κ2) is 6.76. The Hall–Kier alpha value is -1.06. The summed E-state index contributed by atoms with van der Waals surface area (Å²) in [4.78, 5) is 11.7. The summed E-state index contributed by atoms with van der Waals surface area (Å²) in [5.74, 6) is -0.130. The van der Waals surface area contributed by atoms with Gasteiger partial charge in [-0.15, -0.1) is 12.4 Å². The maximum absolute atomic E-state index is 11.7. The number of primary amides is 1. The third kappa shape index (κ3) is 3.47. The van der Waals surface area contributed by atoms with Crippen LogP contribution in [0.15, 0.2) is 30.3 Å². The number of hydrogen-bond donors (Lipinski definition) is 2. The van der Waals surface area contributed by atoms with E-state index in [1.807, 2.05) is 18.2 Å². The molecule has 1 amide bonds. The minimum Gasteiger partial charge on any atom is -0.369 e. The molecule has 1 aromatic carbocycles. The largest absolute Gasteiger partial charge is 0.369 e. The highest BCUT2D eigenvalue weighted by atomic mass is 35.5. The number of carbonyl (C=O) groups excluding carboxylic acids is 1. The summed E-state index contributed by atoms with van der Waals surface area (Å²) in [5.41, 5.74) is 6.59. The van der Waals surface area contributed by atoms with Gasteiger partial charge in [0.15, 0.2) is 0 Å². The SMILES string of the molecule is Cl.NC(=O)C1(CCc2ccccc2)CCNCC1. The van der Waals surface area contributed by atoms with E-state index in [1.54, 1.807) is 0 Å². The van der Waals surface area contributed by atoms with Crippen LogP contribution < -0.4 is 11.1 Å². The zero-order chi connectivity index (χ0) is 12.1. The van der Waals surface area contributed by atoms with Crippen molar-refractivity contribution in [3.8, 4) is 0 Å². The first-order chi connectivity index (χ1) is 8.23. The van der Waals surface area contributed by atoms with E-state index < -0.39 is 0 Å². The highest BCUT2D eigenvalue weighted by Gasteiger charge is 2.37. The van der Waals surface area contributed by atoms with Crippen LogP contribution in [0.4, 0.5) is 0 Å². The number of aryl methyl sites for hydroxylation is 1. The van der Waals surface area contributed by atoms with E-state index in [4.69, 9.17) is 5.73 Å². The highest BCUT2D eigenvalue weighted by molar-refractivity contribution is 5.85. The van der Waals surface area contributed by atoms with Gasteiger partial charge >= 0.3 is 0 Å². The molecule has 1 aliphatic rings. The van der Waals surface area contributed by atoms with Crippen molar-refractivity contribution < 1.29 is 4.79 Å². The van der Waals surface area contributed by atoms with E-state index in [0.717, 1.165) is 38.8 Å². The second-order valence-corrected chi connectivity index (χ2v) is 4.88. The first-order valence-electron chi connectivity index (χ1n) is 6.27. The monoisotopic (exact) mass is 268 g/mol. The van der Waals surface area contributed by atoms with Crippen LogP contribution in [0.5, 0.6) is 0 Å². The van der Waals surface area contributed by atoms with Gasteiger partial charge < -0.3 is 11.1 Å². The van der Waals surface area contributed by atoms with E-state index in [-0.39, 0.29) is 23.7 Å². The molecule has 18 heavy (non-hydrogen) atoms. The molecule has 1 aromatic rings. The topological polar surface area (TPSA) is 55.1 Å². The quantitative estimate of drug-likeness (QED) is 0.876. The molecule has 1 fully saturated rings. The number of amides is 1. The number of hydrogen-bond acceptors (Lipinski definition) is 2. The number of nitrogens with one attached hydrogen (secondary N) is 1. The van der Waals surface area contributed by atoms with Crippen LogP contribution in [-0.4, -0.2) is 19.0 Å². The van der Waals surface area contributed by atoms with E-state index in [9.17, 15) is 4.79 Å². The number of rotatable bonds is 4. The first kappa shape index (κ1) is 15.0. The molecule has 4 heteroatoms. The maximum atomic E-state index is 11.7. The van der Waals surface area contributed by atoms with Crippen LogP contribution in [-0.2, 0) is 11.2 Å². The predicted molar refractivity (Wildman–Crippen MR) is 75.7 cm³/mol. The fourth-order valence-corrected chi connectivity index (χ4v) is 2.55. The molecule has 1 saturated heterocycles. The normalized spacial score (nSPS) is 17.8. The number of nitrogens with two attached hydrogens (primary N) is 1. The summed E-state index contributed by atoms with van der Waals surface area (Å²) < 4.78 is 0. The first-order valence-corrected chi connectivity index (χ1v) is 6.27. The number of piperidine rings is 1. The van der Waals surface area contributed by atoms with E-state index in [1.165, 1.54) is 5.56 Å². The van der Waals surface area contributed by atoms with Crippen molar-refractivity contribution in [3.63, 3.8) is 0 Å².